The Morgan fingerprint density at radius 2 is 1.38 bits per heavy atom. The van der Waals surface area contributed by atoms with E-state index in [-0.39, 0.29) is 16.5 Å². The van der Waals surface area contributed by atoms with E-state index in [4.69, 9.17) is 27.9 Å². The second-order valence-corrected chi connectivity index (χ2v) is 10.9. The Morgan fingerprint density at radius 1 is 0.795 bits per heavy atom. The maximum absolute atomic E-state index is 12.4. The molecule has 1 amide bonds. The number of amides is 1. The molecule has 0 aliphatic carbocycles. The number of rotatable bonds is 20. The summed E-state index contributed by atoms with van der Waals surface area (Å²) in [7, 11) is 0. The summed E-state index contributed by atoms with van der Waals surface area (Å²) in [6.45, 7) is 2.27. The summed E-state index contributed by atoms with van der Waals surface area (Å²) in [6.07, 6.45) is 21.5. The minimum absolute atomic E-state index is 0.0964. The molecule has 0 saturated heterocycles. The number of hydrogen-bond donors (Lipinski definition) is 1. The monoisotopic (exact) mass is 574 g/mol. The van der Waals surface area contributed by atoms with E-state index >= 15 is 0 Å². The SMILES string of the molecule is CCCCCCCCCCCCCCCCCC(=O)N/N=C/c1cccc(OC(=O)c2ccc(Cl)cc2Cl)c1. The molecule has 0 atom stereocenters. The molecule has 0 saturated carbocycles. The van der Waals surface area contributed by atoms with Gasteiger partial charge in [0.05, 0.1) is 16.8 Å². The first kappa shape index (κ1) is 32.8. The molecule has 5 nitrogen and oxygen atoms in total. The Hall–Kier alpha value is -2.37. The van der Waals surface area contributed by atoms with Crippen LogP contribution in [0.25, 0.3) is 0 Å². The van der Waals surface area contributed by atoms with Crippen LogP contribution in [-0.4, -0.2) is 18.1 Å². The van der Waals surface area contributed by atoms with Gasteiger partial charge in [-0.15, -0.1) is 0 Å². The van der Waals surface area contributed by atoms with Crippen molar-refractivity contribution in [1.29, 1.82) is 0 Å². The van der Waals surface area contributed by atoms with Crippen molar-refractivity contribution in [3.8, 4) is 5.75 Å². The number of nitrogens with zero attached hydrogens (tertiary/aromatic N) is 1. The number of halogens is 2. The first-order chi connectivity index (χ1) is 19.0. The molecule has 1 N–H and O–H groups in total. The molecule has 0 spiro atoms. The lowest BCUT2D eigenvalue weighted by Crippen LogP contribution is -2.16. The number of carbonyl (C=O) groups is 2. The Labute approximate surface area is 244 Å². The smallest absolute Gasteiger partial charge is 0.345 e. The van der Waals surface area contributed by atoms with Crippen molar-refractivity contribution in [2.45, 2.75) is 110 Å². The van der Waals surface area contributed by atoms with Gasteiger partial charge in [-0.25, -0.2) is 10.2 Å². The molecule has 2 rings (SSSR count). The third kappa shape index (κ3) is 15.1. The fraction of sp³-hybridized carbons (Fsp3) is 0.531. The molecule has 214 valence electrons. The first-order valence-electron chi connectivity index (χ1n) is 14.6. The van der Waals surface area contributed by atoms with E-state index in [9.17, 15) is 9.59 Å². The van der Waals surface area contributed by atoms with Crippen LogP contribution < -0.4 is 10.2 Å². The predicted octanol–water partition coefficient (Wildman–Crippen LogP) is 9.92. The fourth-order valence-corrected chi connectivity index (χ4v) is 4.85. The predicted molar refractivity (Wildman–Crippen MR) is 163 cm³/mol. The standard InChI is InChI=1S/C32H44Cl2N2O3/c1-2-3-4-5-6-7-8-9-10-11-12-13-14-15-16-20-31(37)36-35-25-26-18-17-19-28(23-26)39-32(38)29-22-21-27(33)24-30(29)34/h17-19,21-25H,2-16,20H2,1H3,(H,36,37)/b35-25+. The number of esters is 1. The van der Waals surface area contributed by atoms with Gasteiger partial charge in [0.1, 0.15) is 5.75 Å². The van der Waals surface area contributed by atoms with Crippen LogP contribution in [0.3, 0.4) is 0 Å². The molecule has 0 bridgehead atoms. The third-order valence-corrected chi connectivity index (χ3v) is 7.18. The molecular weight excluding hydrogens is 531 g/mol. The van der Waals surface area contributed by atoms with E-state index in [1.54, 1.807) is 30.3 Å². The number of nitrogens with one attached hydrogen (secondary N) is 1. The van der Waals surface area contributed by atoms with Crippen LogP contribution >= 0.6 is 23.2 Å². The largest absolute Gasteiger partial charge is 0.423 e. The van der Waals surface area contributed by atoms with Crippen molar-refractivity contribution in [2.75, 3.05) is 0 Å². The summed E-state index contributed by atoms with van der Waals surface area (Å²) in [5.74, 6) is -0.331. The summed E-state index contributed by atoms with van der Waals surface area (Å²) in [4.78, 5) is 24.5. The zero-order valence-electron chi connectivity index (χ0n) is 23.4. The molecular formula is C32H44Cl2N2O3. The van der Waals surface area contributed by atoms with Gasteiger partial charge in [-0.3, -0.25) is 4.79 Å². The van der Waals surface area contributed by atoms with E-state index in [1.807, 2.05) is 0 Å². The quantitative estimate of drug-likeness (QED) is 0.0562. The number of unbranched alkanes of at least 4 members (excludes halogenated alkanes) is 14. The maximum atomic E-state index is 12.4. The lowest BCUT2D eigenvalue weighted by molar-refractivity contribution is -0.121. The molecule has 0 aliphatic heterocycles. The average molecular weight is 576 g/mol. The van der Waals surface area contributed by atoms with Crippen molar-refractivity contribution in [3.63, 3.8) is 0 Å². The topological polar surface area (TPSA) is 67.8 Å². The molecule has 2 aromatic carbocycles. The highest BCUT2D eigenvalue weighted by molar-refractivity contribution is 6.36. The van der Waals surface area contributed by atoms with Gasteiger partial charge in [0, 0.05) is 11.4 Å². The number of benzene rings is 2. The molecule has 0 aliphatic rings. The Bertz CT molecular complexity index is 1030. The minimum Gasteiger partial charge on any atom is -0.423 e. The third-order valence-electron chi connectivity index (χ3n) is 6.63. The first-order valence-corrected chi connectivity index (χ1v) is 15.3. The Kier molecular flexibility index (Phi) is 17.3. The van der Waals surface area contributed by atoms with Crippen LogP contribution in [0.1, 0.15) is 126 Å². The summed E-state index contributed by atoms with van der Waals surface area (Å²) < 4.78 is 5.41. The van der Waals surface area contributed by atoms with Crippen molar-refractivity contribution < 1.29 is 14.3 Å². The average Bonchev–Trinajstić information content (AvgIpc) is 2.91. The van der Waals surface area contributed by atoms with Crippen LogP contribution in [0.2, 0.25) is 10.0 Å². The van der Waals surface area contributed by atoms with Crippen molar-refractivity contribution in [3.05, 3.63) is 63.6 Å². The Balaban J connectivity index is 1.52. The summed E-state index contributed by atoms with van der Waals surface area (Å²) in [5.41, 5.74) is 3.49. The van der Waals surface area contributed by atoms with Crippen LogP contribution in [0.15, 0.2) is 47.6 Å². The van der Waals surface area contributed by atoms with Crippen LogP contribution in [0.4, 0.5) is 0 Å². The van der Waals surface area contributed by atoms with Gasteiger partial charge in [-0.1, -0.05) is 132 Å². The number of carbonyl (C=O) groups excluding carboxylic acids is 2. The molecule has 0 radical (unpaired) electrons. The number of ether oxygens (including phenoxy) is 1. The van der Waals surface area contributed by atoms with Gasteiger partial charge in [0.15, 0.2) is 0 Å². The highest BCUT2D eigenvalue weighted by Crippen LogP contribution is 2.23. The van der Waals surface area contributed by atoms with Gasteiger partial charge < -0.3 is 4.74 Å². The van der Waals surface area contributed by atoms with Crippen LogP contribution in [0, 0.1) is 0 Å². The van der Waals surface area contributed by atoms with Crippen LogP contribution in [-0.2, 0) is 4.79 Å². The second kappa shape index (κ2) is 20.5. The Morgan fingerprint density at radius 3 is 1.97 bits per heavy atom. The molecule has 0 heterocycles. The van der Waals surface area contributed by atoms with Gasteiger partial charge in [-0.05, 0) is 42.3 Å². The zero-order valence-corrected chi connectivity index (χ0v) is 24.9. The summed E-state index contributed by atoms with van der Waals surface area (Å²) in [6, 6.07) is 11.5. The highest BCUT2D eigenvalue weighted by atomic mass is 35.5. The summed E-state index contributed by atoms with van der Waals surface area (Å²) >= 11 is 12.0. The molecule has 39 heavy (non-hydrogen) atoms. The van der Waals surface area contributed by atoms with Gasteiger partial charge >= 0.3 is 5.97 Å². The van der Waals surface area contributed by atoms with E-state index in [2.05, 4.69) is 17.5 Å². The molecule has 0 unspecified atom stereocenters. The zero-order chi connectivity index (χ0) is 28.1. The van der Waals surface area contributed by atoms with E-state index in [1.165, 1.54) is 102 Å². The molecule has 2 aromatic rings. The van der Waals surface area contributed by atoms with Crippen molar-refractivity contribution in [1.82, 2.24) is 5.43 Å². The van der Waals surface area contributed by atoms with Crippen molar-refractivity contribution in [2.24, 2.45) is 5.10 Å². The van der Waals surface area contributed by atoms with Gasteiger partial charge in [-0.2, -0.15) is 5.10 Å². The highest BCUT2D eigenvalue weighted by Gasteiger charge is 2.13. The van der Waals surface area contributed by atoms with Crippen molar-refractivity contribution >= 4 is 41.3 Å². The normalized spacial score (nSPS) is 11.2. The summed E-state index contributed by atoms with van der Waals surface area (Å²) in [5, 5.41) is 4.70. The fourth-order valence-electron chi connectivity index (χ4n) is 4.37. The lowest BCUT2D eigenvalue weighted by Gasteiger charge is -2.07. The van der Waals surface area contributed by atoms with Gasteiger partial charge in [0.25, 0.3) is 0 Å². The van der Waals surface area contributed by atoms with E-state index in [0.717, 1.165) is 12.8 Å². The maximum Gasteiger partial charge on any atom is 0.345 e. The van der Waals surface area contributed by atoms with E-state index < -0.39 is 5.97 Å². The number of hydrogen-bond acceptors (Lipinski definition) is 4. The molecule has 0 fully saturated rings. The lowest BCUT2D eigenvalue weighted by atomic mass is 10.0. The second-order valence-electron chi connectivity index (χ2n) is 10.1. The number of hydrazone groups is 1. The molecule has 0 aromatic heterocycles. The van der Waals surface area contributed by atoms with Crippen LogP contribution in [0.5, 0.6) is 5.75 Å². The van der Waals surface area contributed by atoms with E-state index in [0.29, 0.717) is 22.8 Å². The molecule has 7 heteroatoms. The van der Waals surface area contributed by atoms with Gasteiger partial charge in [0.2, 0.25) is 5.91 Å². The minimum atomic E-state index is -0.581.